The summed E-state index contributed by atoms with van der Waals surface area (Å²) in [6.45, 7) is 1.72. The molecule has 0 radical (unpaired) electrons. The zero-order chi connectivity index (χ0) is 15.6. The minimum atomic E-state index is -1.24. The monoisotopic (exact) mass is 307 g/mol. The lowest BCUT2D eigenvalue weighted by molar-refractivity contribution is 0.0698. The lowest BCUT2D eigenvalue weighted by Crippen LogP contribution is -2.16. The molecule has 6 heteroatoms. The Bertz CT molecular complexity index is 731. The van der Waals surface area contributed by atoms with Gasteiger partial charge in [0, 0.05) is 5.02 Å². The van der Waals surface area contributed by atoms with E-state index in [0.29, 0.717) is 0 Å². The lowest BCUT2D eigenvalue weighted by Gasteiger charge is -2.10. The van der Waals surface area contributed by atoms with E-state index in [0.717, 1.165) is 5.56 Å². The van der Waals surface area contributed by atoms with Crippen molar-refractivity contribution in [2.45, 2.75) is 6.92 Å². The third kappa shape index (κ3) is 3.38. The highest BCUT2D eigenvalue weighted by atomic mass is 35.5. The first-order valence-electron chi connectivity index (χ1n) is 5.99. The van der Waals surface area contributed by atoms with Crippen LogP contribution in [0.1, 0.15) is 26.3 Å². The number of anilines is 1. The van der Waals surface area contributed by atoms with Crippen LogP contribution in [0.2, 0.25) is 5.02 Å². The number of benzene rings is 2. The fourth-order valence-electron chi connectivity index (χ4n) is 1.81. The molecule has 0 aromatic heterocycles. The standard InChI is InChI=1S/C15H11ClFNO3/c1-8-2-4-12(17)10(6-8)14(19)18-13-5-3-9(16)7-11(13)15(20)21/h2-7H,1H3,(H,18,19)(H,20,21). The zero-order valence-corrected chi connectivity index (χ0v) is 11.7. The summed E-state index contributed by atoms with van der Waals surface area (Å²) in [5.41, 5.74) is 0.458. The number of amides is 1. The van der Waals surface area contributed by atoms with E-state index in [1.165, 1.54) is 36.4 Å². The van der Waals surface area contributed by atoms with Gasteiger partial charge < -0.3 is 10.4 Å². The Morgan fingerprint density at radius 2 is 1.86 bits per heavy atom. The van der Waals surface area contributed by atoms with Crippen molar-refractivity contribution < 1.29 is 19.1 Å². The summed E-state index contributed by atoms with van der Waals surface area (Å²) < 4.78 is 13.6. The molecular formula is C15H11ClFNO3. The smallest absolute Gasteiger partial charge is 0.337 e. The highest BCUT2D eigenvalue weighted by molar-refractivity contribution is 6.31. The number of rotatable bonds is 3. The van der Waals surface area contributed by atoms with Gasteiger partial charge in [-0.25, -0.2) is 9.18 Å². The fraction of sp³-hybridized carbons (Fsp3) is 0.0667. The maximum Gasteiger partial charge on any atom is 0.337 e. The van der Waals surface area contributed by atoms with E-state index in [1.807, 2.05) is 0 Å². The van der Waals surface area contributed by atoms with Crippen LogP contribution in [0.25, 0.3) is 0 Å². The van der Waals surface area contributed by atoms with Gasteiger partial charge in [-0.2, -0.15) is 0 Å². The molecule has 2 aromatic carbocycles. The molecule has 0 unspecified atom stereocenters. The number of aromatic carboxylic acids is 1. The topological polar surface area (TPSA) is 66.4 Å². The molecule has 4 nitrogen and oxygen atoms in total. The number of carboxylic acids is 1. The molecule has 0 aliphatic carbocycles. The van der Waals surface area contributed by atoms with E-state index < -0.39 is 17.7 Å². The van der Waals surface area contributed by atoms with Crippen molar-refractivity contribution in [1.29, 1.82) is 0 Å². The van der Waals surface area contributed by atoms with Gasteiger partial charge in [-0.05, 0) is 37.3 Å². The molecule has 0 aliphatic heterocycles. The Morgan fingerprint density at radius 3 is 2.52 bits per heavy atom. The second-order valence-electron chi connectivity index (χ2n) is 4.43. The Balaban J connectivity index is 2.36. The van der Waals surface area contributed by atoms with Gasteiger partial charge in [0.2, 0.25) is 0 Å². The molecule has 0 heterocycles. The number of carbonyl (C=O) groups excluding carboxylic acids is 1. The molecule has 1 amide bonds. The van der Waals surface area contributed by atoms with Crippen LogP contribution in [-0.2, 0) is 0 Å². The fourth-order valence-corrected chi connectivity index (χ4v) is 1.98. The lowest BCUT2D eigenvalue weighted by atomic mass is 10.1. The van der Waals surface area contributed by atoms with E-state index in [1.54, 1.807) is 6.92 Å². The third-order valence-electron chi connectivity index (χ3n) is 2.83. The highest BCUT2D eigenvalue weighted by Crippen LogP contribution is 2.22. The second kappa shape index (κ2) is 5.93. The maximum absolute atomic E-state index is 13.6. The summed E-state index contributed by atoms with van der Waals surface area (Å²) in [5.74, 6) is -2.64. The number of aryl methyl sites for hydroxylation is 1. The summed E-state index contributed by atoms with van der Waals surface area (Å²) in [6, 6.07) is 8.13. The average Bonchev–Trinajstić information content (AvgIpc) is 2.43. The van der Waals surface area contributed by atoms with Crippen molar-refractivity contribution in [3.05, 3.63) is 63.9 Å². The molecule has 2 rings (SSSR count). The van der Waals surface area contributed by atoms with Gasteiger partial charge in [0.25, 0.3) is 5.91 Å². The first-order valence-corrected chi connectivity index (χ1v) is 6.36. The Kier molecular flexibility index (Phi) is 4.23. The van der Waals surface area contributed by atoms with E-state index in [9.17, 15) is 14.0 Å². The number of nitrogens with one attached hydrogen (secondary N) is 1. The van der Waals surface area contributed by atoms with Crippen LogP contribution in [-0.4, -0.2) is 17.0 Å². The van der Waals surface area contributed by atoms with Crippen LogP contribution in [0, 0.1) is 12.7 Å². The Hall–Kier alpha value is -2.40. The van der Waals surface area contributed by atoms with Gasteiger partial charge in [-0.15, -0.1) is 0 Å². The van der Waals surface area contributed by atoms with Crippen LogP contribution in [0.4, 0.5) is 10.1 Å². The van der Waals surface area contributed by atoms with Gasteiger partial charge in [0.05, 0.1) is 16.8 Å². The van der Waals surface area contributed by atoms with Crippen LogP contribution >= 0.6 is 11.6 Å². The number of hydrogen-bond acceptors (Lipinski definition) is 2. The summed E-state index contributed by atoms with van der Waals surface area (Å²) >= 11 is 5.72. The van der Waals surface area contributed by atoms with E-state index in [4.69, 9.17) is 16.7 Å². The molecule has 0 atom stereocenters. The molecular weight excluding hydrogens is 297 g/mol. The Morgan fingerprint density at radius 1 is 1.14 bits per heavy atom. The van der Waals surface area contributed by atoms with Gasteiger partial charge in [-0.1, -0.05) is 23.2 Å². The van der Waals surface area contributed by atoms with Gasteiger partial charge in [0.15, 0.2) is 0 Å². The number of halogens is 2. The first-order chi connectivity index (χ1) is 9.88. The highest BCUT2D eigenvalue weighted by Gasteiger charge is 2.16. The molecule has 0 saturated carbocycles. The predicted octanol–water partition coefficient (Wildman–Crippen LogP) is 3.74. The summed E-state index contributed by atoms with van der Waals surface area (Å²) in [6.07, 6.45) is 0. The SMILES string of the molecule is Cc1ccc(F)c(C(=O)Nc2ccc(Cl)cc2C(=O)O)c1. The third-order valence-corrected chi connectivity index (χ3v) is 3.06. The molecule has 2 N–H and O–H groups in total. The van der Waals surface area contributed by atoms with E-state index in [2.05, 4.69) is 5.32 Å². The number of carbonyl (C=O) groups is 2. The van der Waals surface area contributed by atoms with Crippen molar-refractivity contribution >= 4 is 29.2 Å². The first kappa shape index (κ1) is 15.0. The maximum atomic E-state index is 13.6. The van der Waals surface area contributed by atoms with Crippen LogP contribution in [0.3, 0.4) is 0 Å². The Labute approximate surface area is 125 Å². The molecule has 21 heavy (non-hydrogen) atoms. The van der Waals surface area contributed by atoms with Gasteiger partial charge in [0.1, 0.15) is 5.82 Å². The summed E-state index contributed by atoms with van der Waals surface area (Å²) in [7, 11) is 0. The molecule has 2 aromatic rings. The van der Waals surface area contributed by atoms with E-state index >= 15 is 0 Å². The number of carboxylic acid groups (broad SMARTS) is 1. The van der Waals surface area contributed by atoms with Crippen molar-refractivity contribution in [1.82, 2.24) is 0 Å². The second-order valence-corrected chi connectivity index (χ2v) is 4.87. The molecule has 108 valence electrons. The zero-order valence-electron chi connectivity index (χ0n) is 11.0. The van der Waals surface area contributed by atoms with Crippen LogP contribution < -0.4 is 5.32 Å². The van der Waals surface area contributed by atoms with Crippen LogP contribution in [0.5, 0.6) is 0 Å². The molecule has 0 bridgehead atoms. The normalized spacial score (nSPS) is 10.2. The van der Waals surface area contributed by atoms with E-state index in [-0.39, 0.29) is 21.8 Å². The minimum absolute atomic E-state index is 0.0535. The molecule has 0 fully saturated rings. The average molecular weight is 308 g/mol. The van der Waals surface area contributed by atoms with Gasteiger partial charge in [-0.3, -0.25) is 4.79 Å². The van der Waals surface area contributed by atoms with Crippen molar-refractivity contribution in [3.8, 4) is 0 Å². The molecule has 0 saturated heterocycles. The quantitative estimate of drug-likeness (QED) is 0.907. The van der Waals surface area contributed by atoms with Crippen LogP contribution in [0.15, 0.2) is 36.4 Å². The van der Waals surface area contributed by atoms with Crippen molar-refractivity contribution in [2.75, 3.05) is 5.32 Å². The predicted molar refractivity (Wildman–Crippen MR) is 77.5 cm³/mol. The summed E-state index contributed by atoms with van der Waals surface area (Å²) in [4.78, 5) is 23.2. The minimum Gasteiger partial charge on any atom is -0.478 e. The molecule has 0 spiro atoms. The van der Waals surface area contributed by atoms with Crippen molar-refractivity contribution in [2.24, 2.45) is 0 Å². The number of hydrogen-bond donors (Lipinski definition) is 2. The molecule has 0 aliphatic rings. The van der Waals surface area contributed by atoms with Gasteiger partial charge >= 0.3 is 5.97 Å². The largest absolute Gasteiger partial charge is 0.478 e. The van der Waals surface area contributed by atoms with Crippen molar-refractivity contribution in [3.63, 3.8) is 0 Å². The summed E-state index contributed by atoms with van der Waals surface area (Å²) in [5, 5.41) is 11.7.